The molecule has 0 aromatic heterocycles. The van der Waals surface area contributed by atoms with Crippen LogP contribution in [0, 0.1) is 0 Å². The fourth-order valence-electron chi connectivity index (χ4n) is 7.81. The summed E-state index contributed by atoms with van der Waals surface area (Å²) in [6, 6.07) is 13.3. The molecular weight excluding hydrogens is 588 g/mol. The number of aromatic hydroxyl groups is 3. The molecule has 48 heavy (non-hydrogen) atoms. The van der Waals surface area contributed by atoms with E-state index in [4.69, 9.17) is 0 Å². The lowest BCUT2D eigenvalue weighted by Crippen LogP contribution is -2.12. The van der Waals surface area contributed by atoms with Crippen LogP contribution in [0.15, 0.2) is 36.4 Å². The quantitative estimate of drug-likeness (QED) is 0.143. The van der Waals surface area contributed by atoms with E-state index < -0.39 is 0 Å². The molecule has 3 nitrogen and oxygen atoms in total. The molecule has 0 amide bonds. The van der Waals surface area contributed by atoms with E-state index in [-0.39, 0.29) is 17.8 Å². The minimum Gasteiger partial charge on any atom is -0.507 e. The van der Waals surface area contributed by atoms with Crippen molar-refractivity contribution in [2.75, 3.05) is 0 Å². The monoisotopic (exact) mass is 648 g/mol. The van der Waals surface area contributed by atoms with Crippen LogP contribution in [0.4, 0.5) is 0 Å². The van der Waals surface area contributed by atoms with Gasteiger partial charge in [0, 0.05) is 0 Å². The van der Waals surface area contributed by atoms with E-state index in [2.05, 4.69) is 119 Å². The van der Waals surface area contributed by atoms with Crippen LogP contribution in [-0.2, 0) is 38.5 Å². The predicted octanol–water partition coefficient (Wildman–Crippen LogP) is 12.5. The molecule has 0 fully saturated rings. The molecule has 0 bridgehead atoms. The molecule has 4 aromatic rings. The van der Waals surface area contributed by atoms with Crippen molar-refractivity contribution in [1.29, 1.82) is 0 Å². The van der Waals surface area contributed by atoms with E-state index >= 15 is 0 Å². The summed E-state index contributed by atoms with van der Waals surface area (Å²) in [6.45, 7) is 26.6. The topological polar surface area (TPSA) is 60.7 Å². The second kappa shape index (κ2) is 15.2. The third-order valence-corrected chi connectivity index (χ3v) is 10.3. The molecule has 0 aliphatic rings. The van der Waals surface area contributed by atoms with Gasteiger partial charge < -0.3 is 15.3 Å². The van der Waals surface area contributed by atoms with E-state index in [1.54, 1.807) is 0 Å². The van der Waals surface area contributed by atoms with E-state index in [9.17, 15) is 15.3 Å². The number of rotatable bonds is 12. The Labute approximate surface area is 291 Å². The molecule has 4 aromatic carbocycles. The van der Waals surface area contributed by atoms with Crippen molar-refractivity contribution in [3.8, 4) is 50.6 Å². The highest BCUT2D eigenvalue weighted by atomic mass is 16.3. The smallest absolute Gasteiger partial charge is 0.121 e. The second-order valence-corrected chi connectivity index (χ2v) is 14.4. The van der Waals surface area contributed by atoms with Crippen molar-refractivity contribution >= 4 is 0 Å². The highest BCUT2D eigenvalue weighted by Gasteiger charge is 2.31. The third-order valence-electron chi connectivity index (χ3n) is 10.3. The van der Waals surface area contributed by atoms with Gasteiger partial charge in [-0.15, -0.1) is 0 Å². The van der Waals surface area contributed by atoms with Crippen molar-refractivity contribution < 1.29 is 15.3 Å². The molecule has 0 aliphatic heterocycles. The number of phenolic OH excluding ortho intramolecular Hbond substituents is 3. The lowest BCUT2D eigenvalue weighted by Gasteiger charge is -2.33. The van der Waals surface area contributed by atoms with Crippen LogP contribution in [0.1, 0.15) is 151 Å². The minimum atomic E-state index is 0.198. The normalized spacial score (nSPS) is 11.8. The Bertz CT molecular complexity index is 1480. The summed E-state index contributed by atoms with van der Waals surface area (Å²) in [7, 11) is 0. The van der Waals surface area contributed by atoms with E-state index in [1.807, 2.05) is 0 Å². The summed E-state index contributed by atoms with van der Waals surface area (Å²) in [6.07, 6.45) is 4.50. The van der Waals surface area contributed by atoms with Crippen molar-refractivity contribution in [3.63, 3.8) is 0 Å². The molecule has 0 heterocycles. The first-order valence-electron chi connectivity index (χ1n) is 18.6. The van der Waals surface area contributed by atoms with Gasteiger partial charge in [0.15, 0.2) is 0 Å². The van der Waals surface area contributed by atoms with Crippen LogP contribution in [-0.4, -0.2) is 15.3 Å². The van der Waals surface area contributed by atoms with Gasteiger partial charge in [-0.2, -0.15) is 0 Å². The standard InChI is InChI=1S/C45H60O3/c1-13-28-19-34(20-29(14-2)43(28)46)40-37(25(7)8)41(35-21-30(15-3)44(47)31(16-4)22-35)39(27(11)12)42(38(40)26(9)10)36-23-32(17-5)45(48)33(18-6)24-36/h19-27,46-48H,13-18H2,1-12H3. The third kappa shape index (κ3) is 6.63. The van der Waals surface area contributed by atoms with Crippen molar-refractivity contribution in [1.82, 2.24) is 0 Å². The van der Waals surface area contributed by atoms with E-state index in [0.717, 1.165) is 88.6 Å². The molecule has 3 N–H and O–H groups in total. The molecule has 0 unspecified atom stereocenters. The van der Waals surface area contributed by atoms with Crippen molar-refractivity contribution in [3.05, 3.63) is 86.5 Å². The Morgan fingerprint density at radius 2 is 0.521 bits per heavy atom. The average molecular weight is 649 g/mol. The lowest BCUT2D eigenvalue weighted by atomic mass is 9.71. The van der Waals surface area contributed by atoms with Crippen LogP contribution >= 0.6 is 0 Å². The van der Waals surface area contributed by atoms with Crippen molar-refractivity contribution in [2.45, 2.75) is 139 Å². The molecule has 258 valence electrons. The Morgan fingerprint density at radius 1 is 0.354 bits per heavy atom. The maximum Gasteiger partial charge on any atom is 0.121 e. The van der Waals surface area contributed by atoms with Crippen molar-refractivity contribution in [2.24, 2.45) is 0 Å². The zero-order valence-corrected chi connectivity index (χ0v) is 31.8. The number of hydrogen-bond donors (Lipinski definition) is 3. The zero-order chi connectivity index (χ0) is 35.6. The molecule has 0 aliphatic carbocycles. The largest absolute Gasteiger partial charge is 0.507 e. The molecule has 4 rings (SSSR count). The number of aryl methyl sites for hydroxylation is 6. The Balaban J connectivity index is 2.45. The molecule has 3 heteroatoms. The van der Waals surface area contributed by atoms with Crippen LogP contribution in [0.2, 0.25) is 0 Å². The van der Waals surface area contributed by atoms with E-state index in [0.29, 0.717) is 17.2 Å². The summed E-state index contributed by atoms with van der Waals surface area (Å²) in [5.41, 5.74) is 17.0. The zero-order valence-electron chi connectivity index (χ0n) is 31.8. The van der Waals surface area contributed by atoms with Gasteiger partial charge in [0.05, 0.1) is 0 Å². The Hall–Kier alpha value is -3.72. The summed E-state index contributed by atoms with van der Waals surface area (Å²) >= 11 is 0. The molecule has 0 radical (unpaired) electrons. The maximum atomic E-state index is 11.2. The van der Waals surface area contributed by atoms with Crippen LogP contribution in [0.5, 0.6) is 17.2 Å². The fraction of sp³-hybridized carbons (Fsp3) is 0.467. The van der Waals surface area contributed by atoms with Gasteiger partial charge in [-0.1, -0.05) is 83.1 Å². The van der Waals surface area contributed by atoms with Crippen LogP contribution in [0.3, 0.4) is 0 Å². The summed E-state index contributed by atoms with van der Waals surface area (Å²) in [4.78, 5) is 0. The molecule has 0 saturated heterocycles. The number of hydrogen-bond acceptors (Lipinski definition) is 3. The van der Waals surface area contributed by atoms with E-state index in [1.165, 1.54) is 33.4 Å². The van der Waals surface area contributed by atoms with Gasteiger partial charge in [0.2, 0.25) is 0 Å². The van der Waals surface area contributed by atoms with Crippen LogP contribution in [0.25, 0.3) is 33.4 Å². The molecule has 0 atom stereocenters. The fourth-order valence-corrected chi connectivity index (χ4v) is 7.81. The second-order valence-electron chi connectivity index (χ2n) is 14.4. The maximum absolute atomic E-state index is 11.2. The predicted molar refractivity (Wildman–Crippen MR) is 206 cm³/mol. The van der Waals surface area contributed by atoms with Gasteiger partial charge >= 0.3 is 0 Å². The van der Waals surface area contributed by atoms with Gasteiger partial charge in [0.25, 0.3) is 0 Å². The first-order chi connectivity index (χ1) is 22.8. The summed E-state index contributed by atoms with van der Waals surface area (Å²) in [5, 5.41) is 33.7. The average Bonchev–Trinajstić information content (AvgIpc) is 3.07. The first kappa shape index (κ1) is 37.1. The van der Waals surface area contributed by atoms with Gasteiger partial charge in [-0.3, -0.25) is 0 Å². The molecule has 0 saturated carbocycles. The number of phenols is 3. The SMILES string of the molecule is CCc1cc(-c2c(C(C)C)c(-c3cc(CC)c(O)c(CC)c3)c(C(C)C)c(-c3cc(CC)c(O)c(CC)c3)c2C(C)C)cc(CC)c1O. The highest BCUT2D eigenvalue weighted by molar-refractivity contribution is 5.94. The Morgan fingerprint density at radius 3 is 0.646 bits per heavy atom. The molecular formula is C45H60O3. The minimum absolute atomic E-state index is 0.198. The summed E-state index contributed by atoms with van der Waals surface area (Å²) in [5.74, 6) is 1.84. The van der Waals surface area contributed by atoms with Gasteiger partial charge in [-0.25, -0.2) is 0 Å². The summed E-state index contributed by atoms with van der Waals surface area (Å²) < 4.78 is 0. The number of benzene rings is 4. The van der Waals surface area contributed by atoms with Gasteiger partial charge in [0.1, 0.15) is 17.2 Å². The Kier molecular flexibility index (Phi) is 11.8. The highest BCUT2D eigenvalue weighted by Crippen LogP contribution is 2.53. The first-order valence-corrected chi connectivity index (χ1v) is 18.6. The van der Waals surface area contributed by atoms with Crippen LogP contribution < -0.4 is 0 Å². The van der Waals surface area contributed by atoms with Gasteiger partial charge in [-0.05, 0) is 176 Å². The lowest BCUT2D eigenvalue weighted by molar-refractivity contribution is 0.462. The molecule has 0 spiro atoms.